The highest BCUT2D eigenvalue weighted by atomic mass is 16.5. The predicted molar refractivity (Wildman–Crippen MR) is 99.4 cm³/mol. The number of hydrogen-bond donors (Lipinski definition) is 1. The molecule has 4 atom stereocenters. The molecule has 0 aliphatic carbocycles. The van der Waals surface area contributed by atoms with Gasteiger partial charge in [-0.05, 0) is 66.5 Å². The second-order valence-electron chi connectivity index (χ2n) is 7.72. The van der Waals surface area contributed by atoms with Crippen molar-refractivity contribution < 1.29 is 9.53 Å². The zero-order valence-corrected chi connectivity index (χ0v) is 16.3. The third-order valence-electron chi connectivity index (χ3n) is 5.65. The first-order chi connectivity index (χ1) is 11.1. The molecule has 4 heteroatoms. The van der Waals surface area contributed by atoms with Crippen molar-refractivity contribution in [2.45, 2.75) is 85.2 Å². The van der Waals surface area contributed by atoms with E-state index in [1.165, 1.54) is 0 Å². The van der Waals surface area contributed by atoms with E-state index in [1.807, 2.05) is 39.0 Å². The number of rotatable bonds is 3. The van der Waals surface area contributed by atoms with E-state index in [2.05, 4.69) is 44.8 Å². The summed E-state index contributed by atoms with van der Waals surface area (Å²) in [6.07, 6.45) is 0.0895. The topological polar surface area (TPSA) is 41.6 Å². The van der Waals surface area contributed by atoms with E-state index in [0.717, 1.165) is 16.8 Å². The lowest BCUT2D eigenvalue weighted by Gasteiger charge is -2.53. The van der Waals surface area contributed by atoms with Gasteiger partial charge in [-0.25, -0.2) is 0 Å². The monoisotopic (exact) mass is 332 g/mol. The summed E-state index contributed by atoms with van der Waals surface area (Å²) >= 11 is 0. The van der Waals surface area contributed by atoms with E-state index in [-0.39, 0.29) is 35.7 Å². The van der Waals surface area contributed by atoms with E-state index >= 15 is 0 Å². The van der Waals surface area contributed by atoms with Gasteiger partial charge in [-0.15, -0.1) is 0 Å². The molecule has 1 amide bonds. The molecule has 1 heterocycles. The van der Waals surface area contributed by atoms with Gasteiger partial charge in [0.05, 0.1) is 17.7 Å². The van der Waals surface area contributed by atoms with Crippen LogP contribution in [0.3, 0.4) is 0 Å². The molecule has 0 aromatic heterocycles. The number of nitrogens with one attached hydrogen (secondary N) is 1. The molecule has 0 radical (unpaired) electrons. The summed E-state index contributed by atoms with van der Waals surface area (Å²) in [4.78, 5) is 15.2. The Morgan fingerprint density at radius 2 is 1.75 bits per heavy atom. The highest BCUT2D eigenvalue weighted by Crippen LogP contribution is 2.33. The summed E-state index contributed by atoms with van der Waals surface area (Å²) in [5.41, 5.74) is 2.83. The number of carbonyl (C=O) groups excluding carboxylic acids is 1. The molecule has 2 rings (SSSR count). The zero-order chi connectivity index (χ0) is 18.2. The summed E-state index contributed by atoms with van der Waals surface area (Å²) in [7, 11) is 0. The lowest BCUT2D eigenvalue weighted by molar-refractivity contribution is -0.192. The van der Waals surface area contributed by atoms with Crippen LogP contribution < -0.4 is 5.32 Å². The molecule has 1 fully saturated rings. The van der Waals surface area contributed by atoms with Crippen LogP contribution in [0.1, 0.15) is 52.7 Å². The maximum absolute atomic E-state index is 12.9. The van der Waals surface area contributed by atoms with Crippen molar-refractivity contribution >= 4 is 11.6 Å². The van der Waals surface area contributed by atoms with E-state index in [4.69, 9.17) is 4.74 Å². The van der Waals surface area contributed by atoms with E-state index < -0.39 is 0 Å². The van der Waals surface area contributed by atoms with Gasteiger partial charge in [-0.3, -0.25) is 9.69 Å². The van der Waals surface area contributed by atoms with Gasteiger partial charge in [0.25, 0.3) is 0 Å². The van der Waals surface area contributed by atoms with Crippen LogP contribution in [-0.4, -0.2) is 40.6 Å². The number of para-hydroxylation sites is 1. The summed E-state index contributed by atoms with van der Waals surface area (Å²) in [5.74, 6) is 0.0380. The van der Waals surface area contributed by atoms with Crippen molar-refractivity contribution in [1.82, 2.24) is 4.90 Å². The summed E-state index contributed by atoms with van der Waals surface area (Å²) in [6, 6.07) is 6.19. The van der Waals surface area contributed by atoms with E-state index in [9.17, 15) is 4.79 Å². The first-order valence-corrected chi connectivity index (χ1v) is 8.88. The molecular weight excluding hydrogens is 300 g/mol. The lowest BCUT2D eigenvalue weighted by atomic mass is 9.90. The van der Waals surface area contributed by atoms with Crippen molar-refractivity contribution in [2.75, 3.05) is 5.32 Å². The van der Waals surface area contributed by atoms with Gasteiger partial charge in [0.15, 0.2) is 0 Å². The Hall–Kier alpha value is -1.39. The van der Waals surface area contributed by atoms with Crippen molar-refractivity contribution in [3.63, 3.8) is 0 Å². The maximum atomic E-state index is 12.9. The normalized spacial score (nSPS) is 28.4. The van der Waals surface area contributed by atoms with Crippen molar-refractivity contribution in [3.05, 3.63) is 29.3 Å². The quantitative estimate of drug-likeness (QED) is 0.912. The molecule has 1 aromatic carbocycles. The highest BCUT2D eigenvalue weighted by Gasteiger charge is 2.45. The summed E-state index contributed by atoms with van der Waals surface area (Å²) in [6.45, 7) is 16.6. The average molecular weight is 332 g/mol. The Kier molecular flexibility index (Phi) is 5.41. The molecule has 1 N–H and O–H groups in total. The first kappa shape index (κ1) is 18.9. The minimum absolute atomic E-state index is 0.0380. The fraction of sp³-hybridized carbons (Fsp3) is 0.650. The molecule has 1 aliphatic rings. The van der Waals surface area contributed by atoms with Crippen molar-refractivity contribution in [1.29, 1.82) is 0 Å². The third-order valence-corrected chi connectivity index (χ3v) is 5.65. The molecule has 0 saturated carbocycles. The van der Waals surface area contributed by atoms with Crippen LogP contribution in [0, 0.1) is 13.8 Å². The Morgan fingerprint density at radius 1 is 1.21 bits per heavy atom. The Morgan fingerprint density at radius 3 is 2.29 bits per heavy atom. The van der Waals surface area contributed by atoms with Crippen LogP contribution in [-0.2, 0) is 9.53 Å². The predicted octanol–water partition coefficient (Wildman–Crippen LogP) is 3.91. The van der Waals surface area contributed by atoms with Gasteiger partial charge in [-0.1, -0.05) is 18.2 Å². The van der Waals surface area contributed by atoms with Crippen LogP contribution in [0.4, 0.5) is 5.69 Å². The summed E-state index contributed by atoms with van der Waals surface area (Å²) < 4.78 is 6.14. The lowest BCUT2D eigenvalue weighted by Crippen LogP contribution is -2.66. The minimum atomic E-state index is -0.279. The molecule has 134 valence electrons. The fourth-order valence-corrected chi connectivity index (χ4v) is 3.69. The molecule has 1 aromatic rings. The number of nitrogens with zero attached hydrogens (tertiary/aromatic N) is 1. The second kappa shape index (κ2) is 6.85. The second-order valence-corrected chi connectivity index (χ2v) is 7.72. The molecule has 24 heavy (non-hydrogen) atoms. The van der Waals surface area contributed by atoms with E-state index in [0.29, 0.717) is 0 Å². The SMILES string of the molecule is Cc1cccc(C)c1NC(=O)C(C)N1C(C)C(C)OC(C)(C)C1C. The van der Waals surface area contributed by atoms with Crippen LogP contribution in [0.5, 0.6) is 0 Å². The van der Waals surface area contributed by atoms with Crippen molar-refractivity contribution in [2.24, 2.45) is 0 Å². The minimum Gasteiger partial charge on any atom is -0.369 e. The molecule has 4 nitrogen and oxygen atoms in total. The molecule has 0 spiro atoms. The van der Waals surface area contributed by atoms with Gasteiger partial charge < -0.3 is 10.1 Å². The van der Waals surface area contributed by atoms with Crippen LogP contribution >= 0.6 is 0 Å². The first-order valence-electron chi connectivity index (χ1n) is 8.88. The summed E-state index contributed by atoms with van der Waals surface area (Å²) in [5, 5.41) is 3.14. The Labute approximate surface area is 146 Å². The highest BCUT2D eigenvalue weighted by molar-refractivity contribution is 5.96. The van der Waals surface area contributed by atoms with Gasteiger partial charge in [0.1, 0.15) is 0 Å². The van der Waals surface area contributed by atoms with Crippen LogP contribution in [0.25, 0.3) is 0 Å². The Bertz CT molecular complexity index is 591. The number of ether oxygens (including phenoxy) is 1. The number of morpholine rings is 1. The average Bonchev–Trinajstić information content (AvgIpc) is 2.49. The van der Waals surface area contributed by atoms with Crippen LogP contribution in [0.15, 0.2) is 18.2 Å². The zero-order valence-electron chi connectivity index (χ0n) is 16.3. The molecule has 4 unspecified atom stereocenters. The number of carbonyl (C=O) groups is 1. The van der Waals surface area contributed by atoms with Gasteiger partial charge in [0, 0.05) is 17.8 Å². The molecule has 1 aliphatic heterocycles. The number of aryl methyl sites for hydroxylation is 2. The maximum Gasteiger partial charge on any atom is 0.241 e. The number of benzene rings is 1. The number of anilines is 1. The number of amides is 1. The third kappa shape index (κ3) is 3.50. The largest absolute Gasteiger partial charge is 0.369 e. The molecule has 1 saturated heterocycles. The van der Waals surface area contributed by atoms with Crippen molar-refractivity contribution in [3.8, 4) is 0 Å². The standard InChI is InChI=1S/C20H32N2O2/c1-12-10-9-11-13(2)18(12)21-19(23)15(4)22-14(3)16(5)24-20(7,8)17(22)6/h9-11,14-17H,1-8H3,(H,21,23). The van der Waals surface area contributed by atoms with Gasteiger partial charge in [-0.2, -0.15) is 0 Å². The number of hydrogen-bond acceptors (Lipinski definition) is 3. The van der Waals surface area contributed by atoms with Gasteiger partial charge in [0.2, 0.25) is 5.91 Å². The van der Waals surface area contributed by atoms with E-state index in [1.54, 1.807) is 0 Å². The fourth-order valence-electron chi connectivity index (χ4n) is 3.69. The smallest absolute Gasteiger partial charge is 0.241 e. The molecular formula is C20H32N2O2. The van der Waals surface area contributed by atoms with Gasteiger partial charge >= 0.3 is 0 Å². The van der Waals surface area contributed by atoms with Crippen LogP contribution in [0.2, 0.25) is 0 Å². The Balaban J connectivity index is 2.23. The molecule has 0 bridgehead atoms.